The number of fused-ring (bicyclic) bond motifs is 6. The van der Waals surface area contributed by atoms with Crippen LogP contribution in [0.5, 0.6) is 23.0 Å². The molecule has 8 rings (SSSR count). The van der Waals surface area contributed by atoms with Crippen molar-refractivity contribution in [3.63, 3.8) is 0 Å². The van der Waals surface area contributed by atoms with E-state index in [4.69, 9.17) is 18.9 Å². The van der Waals surface area contributed by atoms with Crippen molar-refractivity contribution in [1.82, 2.24) is 9.13 Å². The van der Waals surface area contributed by atoms with Crippen molar-refractivity contribution in [2.24, 2.45) is 0 Å². The second-order valence-electron chi connectivity index (χ2n) is 11.7. The molecule has 0 aliphatic carbocycles. The van der Waals surface area contributed by atoms with Crippen LogP contribution in [-0.2, 0) is 6.42 Å². The van der Waals surface area contributed by atoms with Crippen LogP contribution in [0.15, 0.2) is 121 Å². The van der Waals surface area contributed by atoms with Crippen LogP contribution in [0.4, 0.5) is 0 Å². The second kappa shape index (κ2) is 11.5. The van der Waals surface area contributed by atoms with Crippen molar-refractivity contribution in [1.29, 1.82) is 0 Å². The molecule has 6 heteroatoms. The Balaban J connectivity index is 1.14. The third-order valence-electron chi connectivity index (χ3n) is 9.16. The van der Waals surface area contributed by atoms with Crippen LogP contribution in [0.25, 0.3) is 55.0 Å². The summed E-state index contributed by atoms with van der Waals surface area (Å²) >= 11 is 0. The molecular weight excluding hydrogens is 584 g/mol. The predicted octanol–water partition coefficient (Wildman–Crippen LogP) is 9.51. The number of aromatic nitrogens is 2. The summed E-state index contributed by atoms with van der Waals surface area (Å²) in [5, 5.41) is 4.70. The molecule has 0 aliphatic heterocycles. The van der Waals surface area contributed by atoms with E-state index in [0.29, 0.717) is 0 Å². The topological polar surface area (TPSA) is 46.8 Å². The Labute approximate surface area is 272 Å². The first-order valence-corrected chi connectivity index (χ1v) is 15.6. The molecule has 0 unspecified atom stereocenters. The van der Waals surface area contributed by atoms with E-state index >= 15 is 0 Å². The standard InChI is InChI=1S/C41H34N2O4/c1-44-30-13-17-34-35-18-14-31(45-2)23-39(35)42(38(34)22-30)28-9-5-26(6-10-28)21-27-7-11-29(12-8-27)43-40-24-32(46-3)15-19-36(40)37-20-16-33(47-4)25-41(37)43/h5-20,22-25H,21H2,1-4H3. The summed E-state index contributed by atoms with van der Waals surface area (Å²) in [7, 11) is 6.82. The molecule has 0 bridgehead atoms. The summed E-state index contributed by atoms with van der Waals surface area (Å²) < 4.78 is 26.9. The molecular formula is C41H34N2O4. The molecule has 0 N–H and O–H groups in total. The Morgan fingerprint density at radius 2 is 0.638 bits per heavy atom. The van der Waals surface area contributed by atoms with Crippen molar-refractivity contribution in [3.05, 3.63) is 132 Å². The van der Waals surface area contributed by atoms with Crippen LogP contribution in [0.2, 0.25) is 0 Å². The summed E-state index contributed by atoms with van der Waals surface area (Å²) in [6, 6.07) is 42.6. The fraction of sp³-hybridized carbons (Fsp3) is 0.122. The van der Waals surface area contributed by atoms with E-state index in [2.05, 4.69) is 106 Å². The minimum absolute atomic E-state index is 0.824. The lowest BCUT2D eigenvalue weighted by Gasteiger charge is -2.12. The van der Waals surface area contributed by atoms with Gasteiger partial charge in [-0.1, -0.05) is 24.3 Å². The van der Waals surface area contributed by atoms with Crippen molar-refractivity contribution in [2.45, 2.75) is 6.42 Å². The van der Waals surface area contributed by atoms with Gasteiger partial charge in [0.1, 0.15) is 23.0 Å². The maximum absolute atomic E-state index is 5.58. The summed E-state index contributed by atoms with van der Waals surface area (Å²) in [4.78, 5) is 0. The molecule has 0 saturated heterocycles. The third-order valence-corrected chi connectivity index (χ3v) is 9.16. The van der Waals surface area contributed by atoms with Crippen LogP contribution in [0, 0.1) is 0 Å². The van der Waals surface area contributed by atoms with Gasteiger partial charge in [-0.3, -0.25) is 0 Å². The molecule has 0 radical (unpaired) electrons. The Kier molecular flexibility index (Phi) is 6.98. The number of benzene rings is 6. The van der Waals surface area contributed by atoms with Crippen LogP contribution < -0.4 is 18.9 Å². The van der Waals surface area contributed by atoms with Gasteiger partial charge in [0.25, 0.3) is 0 Å². The highest BCUT2D eigenvalue weighted by atomic mass is 16.5. The highest BCUT2D eigenvalue weighted by molar-refractivity contribution is 6.11. The zero-order valence-corrected chi connectivity index (χ0v) is 26.8. The van der Waals surface area contributed by atoms with Gasteiger partial charge >= 0.3 is 0 Å². The molecule has 6 nitrogen and oxygen atoms in total. The average molecular weight is 619 g/mol. The number of hydrogen-bond donors (Lipinski definition) is 0. The Bertz CT molecular complexity index is 2120. The van der Waals surface area contributed by atoms with Crippen LogP contribution in [0.3, 0.4) is 0 Å². The number of methoxy groups -OCH3 is 4. The van der Waals surface area contributed by atoms with Gasteiger partial charge in [0.15, 0.2) is 0 Å². The number of ether oxygens (including phenoxy) is 4. The highest BCUT2D eigenvalue weighted by Crippen LogP contribution is 2.37. The summed E-state index contributed by atoms with van der Waals surface area (Å²) in [5.41, 5.74) is 9.03. The van der Waals surface area contributed by atoms with E-state index in [-0.39, 0.29) is 0 Å². The van der Waals surface area contributed by atoms with Gasteiger partial charge in [-0.2, -0.15) is 0 Å². The Morgan fingerprint density at radius 3 is 0.894 bits per heavy atom. The van der Waals surface area contributed by atoms with E-state index in [0.717, 1.165) is 62.9 Å². The molecule has 6 aromatic carbocycles. The maximum atomic E-state index is 5.58. The van der Waals surface area contributed by atoms with E-state index < -0.39 is 0 Å². The van der Waals surface area contributed by atoms with Crippen LogP contribution in [0.1, 0.15) is 11.1 Å². The molecule has 8 aromatic rings. The van der Waals surface area contributed by atoms with E-state index in [1.807, 2.05) is 24.3 Å². The van der Waals surface area contributed by atoms with E-state index in [1.165, 1.54) is 32.7 Å². The lowest BCUT2D eigenvalue weighted by atomic mass is 10.0. The van der Waals surface area contributed by atoms with Crippen molar-refractivity contribution in [3.8, 4) is 34.4 Å². The quantitative estimate of drug-likeness (QED) is 0.170. The monoisotopic (exact) mass is 618 g/mol. The Morgan fingerprint density at radius 1 is 0.362 bits per heavy atom. The molecule has 0 aliphatic rings. The number of hydrogen-bond acceptors (Lipinski definition) is 4. The molecule has 0 atom stereocenters. The number of rotatable bonds is 8. The molecule has 0 amide bonds. The van der Waals surface area contributed by atoms with Gasteiger partial charge in [0.05, 0.1) is 50.5 Å². The summed E-state index contributed by atoms with van der Waals surface area (Å²) in [6.45, 7) is 0. The molecule has 2 heterocycles. The maximum Gasteiger partial charge on any atom is 0.120 e. The zero-order valence-electron chi connectivity index (χ0n) is 26.8. The Hall–Kier alpha value is -5.88. The normalized spacial score (nSPS) is 11.5. The molecule has 232 valence electrons. The lowest BCUT2D eigenvalue weighted by molar-refractivity contribution is 0.415. The zero-order chi connectivity index (χ0) is 32.1. The van der Waals surface area contributed by atoms with Crippen LogP contribution in [-0.4, -0.2) is 37.6 Å². The molecule has 0 fully saturated rings. The SMILES string of the molecule is COc1ccc2c3ccc(OC)cc3n(-c3ccc(Cc4ccc(-n5c6cc(OC)ccc6c6ccc(OC)cc65)cc4)cc3)c2c1. The fourth-order valence-electron chi connectivity index (χ4n) is 6.78. The minimum Gasteiger partial charge on any atom is -0.497 e. The highest BCUT2D eigenvalue weighted by Gasteiger charge is 2.16. The molecule has 0 spiro atoms. The van der Waals surface area contributed by atoms with Gasteiger partial charge < -0.3 is 28.1 Å². The molecule has 0 saturated carbocycles. The first kappa shape index (κ1) is 28.6. The smallest absolute Gasteiger partial charge is 0.120 e. The average Bonchev–Trinajstić information content (AvgIpc) is 3.63. The fourth-order valence-corrected chi connectivity index (χ4v) is 6.78. The minimum atomic E-state index is 0.824. The largest absolute Gasteiger partial charge is 0.497 e. The lowest BCUT2D eigenvalue weighted by Crippen LogP contribution is -1.97. The van der Waals surface area contributed by atoms with E-state index in [9.17, 15) is 0 Å². The predicted molar refractivity (Wildman–Crippen MR) is 191 cm³/mol. The van der Waals surface area contributed by atoms with Gasteiger partial charge in [0.2, 0.25) is 0 Å². The second-order valence-corrected chi connectivity index (χ2v) is 11.7. The van der Waals surface area contributed by atoms with Crippen molar-refractivity contribution >= 4 is 43.6 Å². The van der Waals surface area contributed by atoms with Gasteiger partial charge in [-0.15, -0.1) is 0 Å². The van der Waals surface area contributed by atoms with Crippen molar-refractivity contribution < 1.29 is 18.9 Å². The summed E-state index contributed by atoms with van der Waals surface area (Å²) in [6.07, 6.45) is 0.824. The van der Waals surface area contributed by atoms with E-state index in [1.54, 1.807) is 28.4 Å². The van der Waals surface area contributed by atoms with Crippen molar-refractivity contribution in [2.75, 3.05) is 28.4 Å². The third kappa shape index (κ3) is 4.81. The molecule has 47 heavy (non-hydrogen) atoms. The van der Waals surface area contributed by atoms with Crippen LogP contribution >= 0.6 is 0 Å². The van der Waals surface area contributed by atoms with Gasteiger partial charge in [0, 0.05) is 57.2 Å². The summed E-state index contributed by atoms with van der Waals surface area (Å²) in [5.74, 6) is 3.31. The molecule has 2 aromatic heterocycles. The number of nitrogens with zero attached hydrogens (tertiary/aromatic N) is 2. The van der Waals surface area contributed by atoms with Gasteiger partial charge in [-0.05, 0) is 90.3 Å². The first-order valence-electron chi connectivity index (χ1n) is 15.6. The first-order chi connectivity index (χ1) is 23.1. The van der Waals surface area contributed by atoms with Gasteiger partial charge in [-0.25, -0.2) is 0 Å².